The molecule has 1 aromatic rings. The molecular formula is C15H20F3N3O3. The molecule has 134 valence electrons. The van der Waals surface area contributed by atoms with Gasteiger partial charge in [-0.15, -0.1) is 0 Å². The van der Waals surface area contributed by atoms with E-state index in [1.165, 1.54) is 6.07 Å². The van der Waals surface area contributed by atoms with Crippen LogP contribution in [0.25, 0.3) is 0 Å². The quantitative estimate of drug-likeness (QED) is 0.821. The Morgan fingerprint density at radius 3 is 2.42 bits per heavy atom. The van der Waals surface area contributed by atoms with Crippen LogP contribution in [0.4, 0.5) is 18.0 Å². The van der Waals surface area contributed by atoms with Gasteiger partial charge in [0.15, 0.2) is 0 Å². The number of piperidine rings is 1. The molecule has 1 amide bonds. The molecule has 1 fully saturated rings. The molecule has 0 spiro atoms. The van der Waals surface area contributed by atoms with Crippen molar-refractivity contribution in [1.82, 2.24) is 14.9 Å². The second-order valence-electron chi connectivity index (χ2n) is 6.50. The minimum atomic E-state index is -4.61. The minimum absolute atomic E-state index is 0.118. The summed E-state index contributed by atoms with van der Waals surface area (Å²) >= 11 is 0. The van der Waals surface area contributed by atoms with E-state index >= 15 is 0 Å². The zero-order valence-corrected chi connectivity index (χ0v) is 13.8. The van der Waals surface area contributed by atoms with E-state index in [4.69, 9.17) is 9.47 Å². The monoisotopic (exact) mass is 347 g/mol. The van der Waals surface area contributed by atoms with Crippen molar-refractivity contribution in [2.24, 2.45) is 0 Å². The third-order valence-electron chi connectivity index (χ3n) is 3.26. The average molecular weight is 347 g/mol. The fourth-order valence-electron chi connectivity index (χ4n) is 2.20. The van der Waals surface area contributed by atoms with Crippen LogP contribution in [-0.4, -0.2) is 45.8 Å². The highest BCUT2D eigenvalue weighted by atomic mass is 19.4. The number of amides is 1. The Hall–Kier alpha value is -2.06. The highest BCUT2D eigenvalue weighted by Gasteiger charge is 2.35. The van der Waals surface area contributed by atoms with E-state index in [1.807, 2.05) is 0 Å². The Labute approximate surface area is 138 Å². The summed E-state index contributed by atoms with van der Waals surface area (Å²) in [6.45, 7) is 6.18. The van der Waals surface area contributed by atoms with E-state index in [2.05, 4.69) is 9.97 Å². The van der Waals surface area contributed by atoms with Crippen LogP contribution in [0.3, 0.4) is 0 Å². The number of aromatic nitrogens is 2. The lowest BCUT2D eigenvalue weighted by atomic mass is 10.1. The van der Waals surface area contributed by atoms with Crippen LogP contribution in [-0.2, 0) is 10.9 Å². The maximum absolute atomic E-state index is 12.6. The Balaban J connectivity index is 1.88. The lowest BCUT2D eigenvalue weighted by Crippen LogP contribution is -2.44. The highest BCUT2D eigenvalue weighted by Crippen LogP contribution is 2.27. The van der Waals surface area contributed by atoms with Crippen LogP contribution in [0, 0.1) is 0 Å². The Morgan fingerprint density at radius 1 is 1.25 bits per heavy atom. The second-order valence-corrected chi connectivity index (χ2v) is 6.50. The van der Waals surface area contributed by atoms with Gasteiger partial charge in [0, 0.05) is 38.2 Å². The van der Waals surface area contributed by atoms with Gasteiger partial charge in [-0.25, -0.2) is 9.78 Å². The topological polar surface area (TPSA) is 64.5 Å². The van der Waals surface area contributed by atoms with E-state index in [0.29, 0.717) is 25.9 Å². The van der Waals surface area contributed by atoms with Crippen LogP contribution >= 0.6 is 0 Å². The number of carbonyl (C=O) groups is 1. The summed E-state index contributed by atoms with van der Waals surface area (Å²) in [7, 11) is 0. The predicted molar refractivity (Wildman–Crippen MR) is 78.5 cm³/mol. The van der Waals surface area contributed by atoms with Crippen molar-refractivity contribution >= 4 is 6.09 Å². The third kappa shape index (κ3) is 5.24. The molecule has 1 aliphatic rings. The average Bonchev–Trinajstić information content (AvgIpc) is 2.45. The number of alkyl halides is 3. The highest BCUT2D eigenvalue weighted by molar-refractivity contribution is 5.68. The first-order valence-corrected chi connectivity index (χ1v) is 7.59. The maximum Gasteiger partial charge on any atom is 0.451 e. The zero-order chi connectivity index (χ0) is 18.0. The second kappa shape index (κ2) is 6.82. The standard InChI is InChI=1S/C15H20F3N3O3/c1-14(2,3)24-13(22)21-8-5-10(6-9-21)23-11-4-7-19-12(20-11)15(16,17)18/h4,7,10H,5-6,8-9H2,1-3H3. The van der Waals surface area contributed by atoms with Crippen molar-refractivity contribution in [3.63, 3.8) is 0 Å². The molecule has 0 saturated carbocycles. The van der Waals surface area contributed by atoms with E-state index in [0.717, 1.165) is 6.20 Å². The molecule has 2 heterocycles. The molecule has 1 aliphatic heterocycles. The predicted octanol–water partition coefficient (Wildman–Crippen LogP) is 3.27. The Kier molecular flexibility index (Phi) is 5.19. The van der Waals surface area contributed by atoms with Gasteiger partial charge < -0.3 is 14.4 Å². The summed E-state index contributed by atoms with van der Waals surface area (Å²) in [5, 5.41) is 0. The number of likely N-dealkylation sites (tertiary alicyclic amines) is 1. The summed E-state index contributed by atoms with van der Waals surface area (Å²) in [6, 6.07) is 1.29. The fraction of sp³-hybridized carbons (Fsp3) is 0.667. The summed E-state index contributed by atoms with van der Waals surface area (Å²) in [5.41, 5.74) is -0.570. The number of nitrogens with zero attached hydrogens (tertiary/aromatic N) is 3. The molecule has 0 radical (unpaired) electrons. The molecule has 6 nitrogen and oxygen atoms in total. The van der Waals surface area contributed by atoms with Crippen molar-refractivity contribution in [3.8, 4) is 5.88 Å². The summed E-state index contributed by atoms with van der Waals surface area (Å²) < 4.78 is 48.5. The molecule has 0 aromatic carbocycles. The smallest absolute Gasteiger partial charge is 0.451 e. The van der Waals surface area contributed by atoms with Crippen LogP contribution in [0.1, 0.15) is 39.4 Å². The molecule has 0 unspecified atom stereocenters. The largest absolute Gasteiger partial charge is 0.474 e. The lowest BCUT2D eigenvalue weighted by Gasteiger charge is -2.33. The first-order chi connectivity index (χ1) is 11.0. The van der Waals surface area contributed by atoms with Crippen molar-refractivity contribution < 1.29 is 27.4 Å². The Bertz CT molecular complexity index is 579. The molecule has 0 bridgehead atoms. The van der Waals surface area contributed by atoms with Gasteiger partial charge >= 0.3 is 12.3 Å². The van der Waals surface area contributed by atoms with Gasteiger partial charge in [-0.2, -0.15) is 18.2 Å². The third-order valence-corrected chi connectivity index (χ3v) is 3.26. The van der Waals surface area contributed by atoms with Crippen molar-refractivity contribution in [2.75, 3.05) is 13.1 Å². The van der Waals surface area contributed by atoms with E-state index in [1.54, 1.807) is 25.7 Å². The number of hydrogen-bond donors (Lipinski definition) is 0. The first kappa shape index (κ1) is 18.3. The number of carbonyl (C=O) groups excluding carboxylic acids is 1. The molecule has 1 saturated heterocycles. The van der Waals surface area contributed by atoms with Crippen LogP contribution in [0.5, 0.6) is 5.88 Å². The molecule has 0 atom stereocenters. The van der Waals surface area contributed by atoms with Crippen LogP contribution in [0.15, 0.2) is 12.3 Å². The van der Waals surface area contributed by atoms with Crippen molar-refractivity contribution in [2.45, 2.75) is 51.5 Å². The normalized spacial score (nSPS) is 16.8. The molecule has 24 heavy (non-hydrogen) atoms. The van der Waals surface area contributed by atoms with Gasteiger partial charge in [-0.1, -0.05) is 0 Å². The number of hydrogen-bond acceptors (Lipinski definition) is 5. The molecule has 9 heteroatoms. The molecule has 0 N–H and O–H groups in total. The number of rotatable bonds is 2. The van der Waals surface area contributed by atoms with Crippen LogP contribution < -0.4 is 4.74 Å². The first-order valence-electron chi connectivity index (χ1n) is 7.59. The number of ether oxygens (including phenoxy) is 2. The zero-order valence-electron chi connectivity index (χ0n) is 13.8. The molecule has 0 aliphatic carbocycles. The Morgan fingerprint density at radius 2 is 1.88 bits per heavy atom. The van der Waals surface area contributed by atoms with Gasteiger partial charge in [0.05, 0.1) is 0 Å². The molecule has 2 rings (SSSR count). The summed E-state index contributed by atoms with van der Waals surface area (Å²) in [6.07, 6.45) is -3.32. The SMILES string of the molecule is CC(C)(C)OC(=O)N1CCC(Oc2ccnc(C(F)(F)F)n2)CC1. The van der Waals surface area contributed by atoms with E-state index in [-0.39, 0.29) is 12.0 Å². The number of halogens is 3. The van der Waals surface area contributed by atoms with Gasteiger partial charge in [0.25, 0.3) is 0 Å². The fourth-order valence-corrected chi connectivity index (χ4v) is 2.20. The van der Waals surface area contributed by atoms with Gasteiger partial charge in [0.1, 0.15) is 11.7 Å². The van der Waals surface area contributed by atoms with Gasteiger partial charge in [-0.3, -0.25) is 0 Å². The van der Waals surface area contributed by atoms with E-state index in [9.17, 15) is 18.0 Å². The van der Waals surface area contributed by atoms with Gasteiger partial charge in [-0.05, 0) is 20.8 Å². The summed E-state index contributed by atoms with van der Waals surface area (Å²) in [4.78, 5) is 20.1. The summed E-state index contributed by atoms with van der Waals surface area (Å²) in [5.74, 6) is -1.35. The maximum atomic E-state index is 12.6. The minimum Gasteiger partial charge on any atom is -0.474 e. The van der Waals surface area contributed by atoms with E-state index < -0.39 is 23.7 Å². The van der Waals surface area contributed by atoms with Gasteiger partial charge in [0.2, 0.25) is 11.7 Å². The van der Waals surface area contributed by atoms with Crippen molar-refractivity contribution in [1.29, 1.82) is 0 Å². The molecule has 1 aromatic heterocycles. The lowest BCUT2D eigenvalue weighted by molar-refractivity contribution is -0.145. The van der Waals surface area contributed by atoms with Crippen molar-refractivity contribution in [3.05, 3.63) is 18.1 Å². The molecular weight excluding hydrogens is 327 g/mol. The van der Waals surface area contributed by atoms with Crippen LogP contribution in [0.2, 0.25) is 0 Å².